The van der Waals surface area contributed by atoms with Crippen molar-refractivity contribution in [2.24, 2.45) is 0 Å². The lowest BCUT2D eigenvalue weighted by atomic mass is 9.97. The van der Waals surface area contributed by atoms with Crippen LogP contribution in [-0.4, -0.2) is 24.0 Å². The number of fused-ring (bicyclic) bond motifs is 2. The molecule has 3 aromatic carbocycles. The summed E-state index contributed by atoms with van der Waals surface area (Å²) in [6.45, 7) is -0.403. The Morgan fingerprint density at radius 2 is 1.57 bits per heavy atom. The van der Waals surface area contributed by atoms with Gasteiger partial charge in [0.25, 0.3) is 5.91 Å². The van der Waals surface area contributed by atoms with Gasteiger partial charge in [-0.05, 0) is 53.3 Å². The van der Waals surface area contributed by atoms with Crippen LogP contribution in [-0.2, 0) is 9.53 Å². The quantitative estimate of drug-likeness (QED) is 0.552. The molecule has 0 aliphatic heterocycles. The van der Waals surface area contributed by atoms with Crippen molar-refractivity contribution in [2.75, 3.05) is 6.61 Å². The van der Waals surface area contributed by atoms with Crippen molar-refractivity contribution >= 4 is 33.4 Å². The SMILES string of the molecule is N#CC1(NC(=O)COC(=O)c2c3ccccc3cc3ccccc23)CCCC1. The Morgan fingerprint density at radius 3 is 2.14 bits per heavy atom. The van der Waals surface area contributed by atoms with Crippen LogP contribution in [0, 0.1) is 11.3 Å². The molecule has 5 heteroatoms. The highest BCUT2D eigenvalue weighted by molar-refractivity contribution is 6.16. The van der Waals surface area contributed by atoms with Crippen molar-refractivity contribution in [2.45, 2.75) is 31.2 Å². The third-order valence-corrected chi connectivity index (χ3v) is 5.36. The summed E-state index contributed by atoms with van der Waals surface area (Å²) in [6, 6.07) is 19.5. The summed E-state index contributed by atoms with van der Waals surface area (Å²) in [7, 11) is 0. The normalized spacial score (nSPS) is 15.2. The lowest BCUT2D eigenvalue weighted by Crippen LogP contribution is -2.46. The molecule has 3 aromatic rings. The van der Waals surface area contributed by atoms with Crippen molar-refractivity contribution < 1.29 is 14.3 Å². The summed E-state index contributed by atoms with van der Waals surface area (Å²) >= 11 is 0. The van der Waals surface area contributed by atoms with Gasteiger partial charge in [-0.3, -0.25) is 4.79 Å². The fourth-order valence-electron chi connectivity index (χ4n) is 3.98. The number of ether oxygens (including phenoxy) is 1. The number of carbonyl (C=O) groups excluding carboxylic acids is 2. The van der Waals surface area contributed by atoms with Crippen LogP contribution >= 0.6 is 0 Å². The predicted molar refractivity (Wildman–Crippen MR) is 107 cm³/mol. The van der Waals surface area contributed by atoms with E-state index in [4.69, 9.17) is 4.74 Å². The zero-order valence-corrected chi connectivity index (χ0v) is 15.4. The van der Waals surface area contributed by atoms with E-state index in [-0.39, 0.29) is 0 Å². The second kappa shape index (κ2) is 7.32. The minimum Gasteiger partial charge on any atom is -0.452 e. The molecular weight excluding hydrogens is 352 g/mol. The highest BCUT2D eigenvalue weighted by Gasteiger charge is 2.35. The lowest BCUT2D eigenvalue weighted by Gasteiger charge is -2.21. The van der Waals surface area contributed by atoms with Gasteiger partial charge in [0.05, 0.1) is 11.6 Å². The Labute approximate surface area is 162 Å². The highest BCUT2D eigenvalue weighted by atomic mass is 16.5. The van der Waals surface area contributed by atoms with Crippen molar-refractivity contribution in [3.05, 3.63) is 60.2 Å². The molecular formula is C23H20N2O3. The Bertz CT molecular complexity index is 1050. The number of hydrogen-bond donors (Lipinski definition) is 1. The average molecular weight is 372 g/mol. The highest BCUT2D eigenvalue weighted by Crippen LogP contribution is 2.30. The zero-order chi connectivity index (χ0) is 19.6. The van der Waals surface area contributed by atoms with E-state index in [0.717, 1.165) is 34.4 Å². The molecule has 140 valence electrons. The van der Waals surface area contributed by atoms with Crippen LogP contribution in [0.15, 0.2) is 54.6 Å². The second-order valence-electron chi connectivity index (χ2n) is 7.22. The Morgan fingerprint density at radius 1 is 1.00 bits per heavy atom. The molecule has 0 aromatic heterocycles. The molecule has 1 N–H and O–H groups in total. The van der Waals surface area contributed by atoms with Crippen molar-refractivity contribution in [3.63, 3.8) is 0 Å². The van der Waals surface area contributed by atoms with Crippen LogP contribution in [0.3, 0.4) is 0 Å². The molecule has 0 unspecified atom stereocenters. The van der Waals surface area contributed by atoms with Crippen LogP contribution in [0.25, 0.3) is 21.5 Å². The van der Waals surface area contributed by atoms with Gasteiger partial charge in [-0.15, -0.1) is 0 Å². The molecule has 28 heavy (non-hydrogen) atoms. The maximum absolute atomic E-state index is 12.9. The van der Waals surface area contributed by atoms with E-state index in [1.165, 1.54) is 0 Å². The van der Waals surface area contributed by atoms with Crippen molar-refractivity contribution in [3.8, 4) is 6.07 Å². The smallest absolute Gasteiger partial charge is 0.339 e. The first kappa shape index (κ1) is 18.0. The number of esters is 1. The molecule has 1 amide bonds. The Balaban J connectivity index is 1.58. The first-order chi connectivity index (χ1) is 13.6. The second-order valence-corrected chi connectivity index (χ2v) is 7.22. The molecule has 0 saturated heterocycles. The van der Waals surface area contributed by atoms with Crippen molar-refractivity contribution in [1.82, 2.24) is 5.32 Å². The summed E-state index contributed by atoms with van der Waals surface area (Å²) in [6.07, 6.45) is 3.10. The van der Waals surface area contributed by atoms with E-state index in [1.807, 2.05) is 54.6 Å². The molecule has 1 aliphatic rings. The van der Waals surface area contributed by atoms with Gasteiger partial charge in [-0.1, -0.05) is 48.5 Å². The van der Waals surface area contributed by atoms with Crippen LogP contribution < -0.4 is 5.32 Å². The molecule has 5 nitrogen and oxygen atoms in total. The summed E-state index contributed by atoms with van der Waals surface area (Å²) in [5.74, 6) is -0.984. The van der Waals surface area contributed by atoms with Gasteiger partial charge in [-0.25, -0.2) is 4.79 Å². The predicted octanol–water partition coefficient (Wildman–Crippen LogP) is 4.10. The number of nitrogens with zero attached hydrogens (tertiary/aromatic N) is 1. The number of amides is 1. The van der Waals surface area contributed by atoms with Gasteiger partial charge in [0.15, 0.2) is 6.61 Å². The van der Waals surface area contributed by atoms with Crippen LogP contribution in [0.4, 0.5) is 0 Å². The summed E-state index contributed by atoms with van der Waals surface area (Å²) in [5.41, 5.74) is -0.368. The largest absolute Gasteiger partial charge is 0.452 e. The maximum Gasteiger partial charge on any atom is 0.339 e. The topological polar surface area (TPSA) is 79.2 Å². The van der Waals surface area contributed by atoms with E-state index in [9.17, 15) is 14.9 Å². The number of nitriles is 1. The summed E-state index contributed by atoms with van der Waals surface area (Å²) < 4.78 is 5.35. The zero-order valence-electron chi connectivity index (χ0n) is 15.4. The van der Waals surface area contributed by atoms with Crippen molar-refractivity contribution in [1.29, 1.82) is 5.26 Å². The number of rotatable bonds is 4. The minimum absolute atomic E-state index is 0.403. The van der Waals surface area contributed by atoms with E-state index >= 15 is 0 Å². The summed E-state index contributed by atoms with van der Waals surface area (Å²) in [4.78, 5) is 25.2. The molecule has 0 radical (unpaired) electrons. The monoisotopic (exact) mass is 372 g/mol. The molecule has 1 aliphatic carbocycles. The standard InChI is InChI=1S/C23H20N2O3/c24-15-23(11-5-6-12-23)25-20(26)14-28-22(27)21-18-9-3-1-7-16(18)13-17-8-2-4-10-19(17)21/h1-4,7-10,13H,5-6,11-12,14H2,(H,25,26). The molecule has 1 saturated carbocycles. The molecule has 4 rings (SSSR count). The Kier molecular flexibility index (Phi) is 4.70. The van der Waals surface area contributed by atoms with E-state index in [0.29, 0.717) is 18.4 Å². The number of benzene rings is 3. The number of carbonyl (C=O) groups is 2. The molecule has 0 heterocycles. The summed E-state index contributed by atoms with van der Waals surface area (Å²) in [5, 5.41) is 15.6. The number of nitrogens with one attached hydrogen (secondary N) is 1. The first-order valence-electron chi connectivity index (χ1n) is 9.42. The van der Waals surface area contributed by atoms with Crippen LogP contribution in [0.2, 0.25) is 0 Å². The van der Waals surface area contributed by atoms with E-state index in [2.05, 4.69) is 11.4 Å². The van der Waals surface area contributed by atoms with E-state index < -0.39 is 24.0 Å². The molecule has 0 bridgehead atoms. The number of hydrogen-bond acceptors (Lipinski definition) is 4. The van der Waals surface area contributed by atoms with E-state index in [1.54, 1.807) is 0 Å². The fraction of sp³-hybridized carbons (Fsp3) is 0.261. The van der Waals surface area contributed by atoms with Gasteiger partial charge in [0, 0.05) is 0 Å². The first-order valence-corrected chi connectivity index (χ1v) is 9.42. The third-order valence-electron chi connectivity index (χ3n) is 5.36. The third kappa shape index (κ3) is 3.29. The maximum atomic E-state index is 12.9. The molecule has 1 fully saturated rings. The van der Waals surface area contributed by atoms with Gasteiger partial charge in [0.2, 0.25) is 0 Å². The molecule has 0 atom stereocenters. The van der Waals surface area contributed by atoms with Crippen LogP contribution in [0.1, 0.15) is 36.0 Å². The lowest BCUT2D eigenvalue weighted by molar-refractivity contribution is -0.125. The minimum atomic E-state index is -0.824. The van der Waals surface area contributed by atoms with Gasteiger partial charge < -0.3 is 10.1 Å². The Hall–Kier alpha value is -3.39. The van der Waals surface area contributed by atoms with Gasteiger partial charge in [0.1, 0.15) is 5.54 Å². The van der Waals surface area contributed by atoms with Gasteiger partial charge in [-0.2, -0.15) is 5.26 Å². The fourth-order valence-corrected chi connectivity index (χ4v) is 3.98. The average Bonchev–Trinajstić information content (AvgIpc) is 3.19. The van der Waals surface area contributed by atoms with Crippen LogP contribution in [0.5, 0.6) is 0 Å². The molecule has 0 spiro atoms. The van der Waals surface area contributed by atoms with Gasteiger partial charge >= 0.3 is 5.97 Å².